The summed E-state index contributed by atoms with van der Waals surface area (Å²) >= 11 is 0. The van der Waals surface area contributed by atoms with Gasteiger partial charge in [-0.1, -0.05) is 12.1 Å². The molecular weight excluding hydrogens is 181 g/mol. The zero-order valence-corrected chi connectivity index (χ0v) is 7.96. The lowest BCUT2D eigenvalue weighted by molar-refractivity contribution is 0.270. The topological polar surface area (TPSA) is 32.3 Å². The van der Waals surface area contributed by atoms with Crippen LogP contribution in [0.5, 0.6) is 0 Å². The molecule has 2 nitrogen and oxygen atoms in total. The molecule has 0 amide bonds. The van der Waals surface area contributed by atoms with Crippen molar-refractivity contribution in [2.45, 2.75) is 18.9 Å². The van der Waals surface area contributed by atoms with Crippen molar-refractivity contribution in [3.05, 3.63) is 35.1 Å². The summed E-state index contributed by atoms with van der Waals surface area (Å²) in [5.74, 6) is 0.108. The third-order valence-corrected chi connectivity index (χ3v) is 2.76. The second kappa shape index (κ2) is 4.07. The summed E-state index contributed by atoms with van der Waals surface area (Å²) in [7, 11) is 0. The van der Waals surface area contributed by atoms with Crippen LogP contribution in [-0.2, 0) is 6.54 Å². The predicted molar refractivity (Wildman–Crippen MR) is 52.6 cm³/mol. The maximum atomic E-state index is 13.4. The van der Waals surface area contributed by atoms with Gasteiger partial charge in [-0.3, -0.25) is 0 Å². The Morgan fingerprint density at radius 3 is 3.14 bits per heavy atom. The van der Waals surface area contributed by atoms with E-state index in [0.29, 0.717) is 13.0 Å². The number of hydrogen-bond donors (Lipinski definition) is 2. The van der Waals surface area contributed by atoms with Crippen LogP contribution in [0.3, 0.4) is 0 Å². The summed E-state index contributed by atoms with van der Waals surface area (Å²) in [4.78, 5) is 0. The minimum absolute atomic E-state index is 0.141. The molecule has 1 atom stereocenters. The van der Waals surface area contributed by atoms with Crippen LogP contribution in [0.4, 0.5) is 4.39 Å². The van der Waals surface area contributed by atoms with Gasteiger partial charge >= 0.3 is 0 Å². The van der Waals surface area contributed by atoms with Crippen molar-refractivity contribution in [3.63, 3.8) is 0 Å². The van der Waals surface area contributed by atoms with Gasteiger partial charge in [-0.15, -0.1) is 0 Å². The summed E-state index contributed by atoms with van der Waals surface area (Å²) in [6.45, 7) is 1.59. The number of aliphatic hydroxyl groups is 1. The van der Waals surface area contributed by atoms with E-state index in [1.54, 1.807) is 6.07 Å². The van der Waals surface area contributed by atoms with Gasteiger partial charge in [0.05, 0.1) is 0 Å². The third kappa shape index (κ3) is 1.65. The summed E-state index contributed by atoms with van der Waals surface area (Å²) in [5.41, 5.74) is 1.81. The highest BCUT2D eigenvalue weighted by atomic mass is 19.1. The molecule has 76 valence electrons. The van der Waals surface area contributed by atoms with Gasteiger partial charge in [0.1, 0.15) is 5.82 Å². The molecule has 2 rings (SSSR count). The van der Waals surface area contributed by atoms with Crippen LogP contribution in [0.2, 0.25) is 0 Å². The monoisotopic (exact) mass is 195 g/mol. The number of hydrogen-bond acceptors (Lipinski definition) is 2. The second-order valence-electron chi connectivity index (χ2n) is 3.65. The molecule has 1 aromatic carbocycles. The van der Waals surface area contributed by atoms with E-state index in [2.05, 4.69) is 5.32 Å². The average Bonchev–Trinajstić information content (AvgIpc) is 2.20. The number of nitrogens with one attached hydrogen (secondary N) is 1. The molecule has 0 aromatic heterocycles. The number of aliphatic hydroxyl groups excluding tert-OH is 1. The van der Waals surface area contributed by atoms with Gasteiger partial charge in [0.2, 0.25) is 0 Å². The highest BCUT2D eigenvalue weighted by Crippen LogP contribution is 2.27. The lowest BCUT2D eigenvalue weighted by Crippen LogP contribution is -2.29. The molecular formula is C11H14FNO. The molecule has 1 aliphatic heterocycles. The molecule has 3 heteroatoms. The first kappa shape index (κ1) is 9.62. The van der Waals surface area contributed by atoms with E-state index in [4.69, 9.17) is 5.11 Å². The molecule has 1 unspecified atom stereocenters. The van der Waals surface area contributed by atoms with Crippen molar-refractivity contribution in [1.82, 2.24) is 5.32 Å². The first-order valence-corrected chi connectivity index (χ1v) is 4.92. The maximum absolute atomic E-state index is 13.4. The molecule has 2 N–H and O–H groups in total. The number of fused-ring (bicyclic) bond motifs is 1. The van der Waals surface area contributed by atoms with Gasteiger partial charge in [0.25, 0.3) is 0 Å². The Balaban J connectivity index is 2.34. The van der Waals surface area contributed by atoms with Crippen molar-refractivity contribution in [1.29, 1.82) is 0 Å². The van der Waals surface area contributed by atoms with E-state index in [9.17, 15) is 4.39 Å². The third-order valence-electron chi connectivity index (χ3n) is 2.76. The molecule has 0 aliphatic carbocycles. The standard InChI is InChI=1S/C11H14FNO/c12-11-3-1-2-9-8(4-5-14)6-13-7-10(9)11/h1-3,8,13-14H,4-7H2. The number of rotatable bonds is 2. The summed E-state index contributed by atoms with van der Waals surface area (Å²) < 4.78 is 13.4. The van der Waals surface area contributed by atoms with Crippen LogP contribution >= 0.6 is 0 Å². The van der Waals surface area contributed by atoms with E-state index in [1.807, 2.05) is 6.07 Å². The van der Waals surface area contributed by atoms with Crippen LogP contribution in [-0.4, -0.2) is 18.3 Å². The van der Waals surface area contributed by atoms with E-state index in [1.165, 1.54) is 6.07 Å². The van der Waals surface area contributed by atoms with Crippen LogP contribution < -0.4 is 5.32 Å². The van der Waals surface area contributed by atoms with Crippen molar-refractivity contribution < 1.29 is 9.50 Å². The zero-order chi connectivity index (χ0) is 9.97. The zero-order valence-electron chi connectivity index (χ0n) is 7.96. The Kier molecular flexibility index (Phi) is 2.79. The van der Waals surface area contributed by atoms with Gasteiger partial charge in [0, 0.05) is 25.3 Å². The smallest absolute Gasteiger partial charge is 0.127 e. The van der Waals surface area contributed by atoms with Crippen molar-refractivity contribution in [2.75, 3.05) is 13.2 Å². The molecule has 14 heavy (non-hydrogen) atoms. The average molecular weight is 195 g/mol. The van der Waals surface area contributed by atoms with Gasteiger partial charge < -0.3 is 10.4 Å². The van der Waals surface area contributed by atoms with E-state index < -0.39 is 0 Å². The first-order valence-electron chi connectivity index (χ1n) is 4.92. The molecule has 1 aromatic rings. The fraction of sp³-hybridized carbons (Fsp3) is 0.455. The Hall–Kier alpha value is -0.930. The van der Waals surface area contributed by atoms with Gasteiger partial charge in [0.15, 0.2) is 0 Å². The van der Waals surface area contributed by atoms with Gasteiger partial charge in [-0.05, 0) is 24.0 Å². The molecule has 0 fully saturated rings. The lowest BCUT2D eigenvalue weighted by Gasteiger charge is -2.26. The maximum Gasteiger partial charge on any atom is 0.127 e. The highest BCUT2D eigenvalue weighted by Gasteiger charge is 2.21. The molecule has 0 radical (unpaired) electrons. The fourth-order valence-corrected chi connectivity index (χ4v) is 2.04. The van der Waals surface area contributed by atoms with E-state index in [-0.39, 0.29) is 18.3 Å². The normalized spacial score (nSPS) is 20.6. The molecule has 0 bridgehead atoms. The number of halogens is 1. The quantitative estimate of drug-likeness (QED) is 0.747. The first-order chi connectivity index (χ1) is 6.83. The Bertz CT molecular complexity index is 327. The minimum Gasteiger partial charge on any atom is -0.396 e. The van der Waals surface area contributed by atoms with Crippen LogP contribution in [0.15, 0.2) is 18.2 Å². The summed E-state index contributed by atoms with van der Waals surface area (Å²) in [6.07, 6.45) is 0.698. The Morgan fingerprint density at radius 2 is 2.36 bits per heavy atom. The fourth-order valence-electron chi connectivity index (χ4n) is 2.04. The molecule has 0 saturated heterocycles. The summed E-state index contributed by atoms with van der Waals surface area (Å²) in [5, 5.41) is 12.1. The Labute approximate surface area is 82.8 Å². The van der Waals surface area contributed by atoms with Gasteiger partial charge in [-0.2, -0.15) is 0 Å². The van der Waals surface area contributed by atoms with Crippen molar-refractivity contribution >= 4 is 0 Å². The van der Waals surface area contributed by atoms with E-state index >= 15 is 0 Å². The van der Waals surface area contributed by atoms with Crippen molar-refractivity contribution in [3.8, 4) is 0 Å². The molecule has 0 spiro atoms. The van der Waals surface area contributed by atoms with Crippen LogP contribution in [0, 0.1) is 5.82 Å². The van der Waals surface area contributed by atoms with Crippen molar-refractivity contribution in [2.24, 2.45) is 0 Å². The molecule has 1 heterocycles. The van der Waals surface area contributed by atoms with E-state index in [0.717, 1.165) is 17.7 Å². The second-order valence-corrected chi connectivity index (χ2v) is 3.65. The highest BCUT2D eigenvalue weighted by molar-refractivity contribution is 5.33. The van der Waals surface area contributed by atoms with Gasteiger partial charge in [-0.25, -0.2) is 4.39 Å². The largest absolute Gasteiger partial charge is 0.396 e. The number of benzene rings is 1. The van der Waals surface area contributed by atoms with Crippen LogP contribution in [0.25, 0.3) is 0 Å². The Morgan fingerprint density at radius 1 is 1.50 bits per heavy atom. The molecule has 1 aliphatic rings. The lowest BCUT2D eigenvalue weighted by atomic mass is 9.88. The SMILES string of the molecule is OCCC1CNCc2c(F)cccc21. The van der Waals surface area contributed by atoms with Crippen LogP contribution in [0.1, 0.15) is 23.5 Å². The minimum atomic E-state index is -0.141. The molecule has 0 saturated carbocycles. The summed E-state index contributed by atoms with van der Waals surface area (Å²) in [6, 6.07) is 5.19. The predicted octanol–water partition coefficient (Wildman–Crippen LogP) is 1.39.